The molecule has 2 aliphatic rings. The Morgan fingerprint density at radius 3 is 1.46 bits per heavy atom. The summed E-state index contributed by atoms with van der Waals surface area (Å²) in [5.41, 5.74) is 22.8. The topological polar surface area (TPSA) is 16.4 Å². The van der Waals surface area contributed by atoms with Crippen molar-refractivity contribution >= 4 is 60.5 Å². The Morgan fingerprint density at radius 2 is 0.789 bits per heavy atom. The molecule has 0 N–H and O–H groups in total. The predicted octanol–water partition coefficient (Wildman–Crippen LogP) is 19.3. The molecule has 0 saturated heterocycles. The summed E-state index contributed by atoms with van der Waals surface area (Å²) < 4.78 is 6.40. The summed E-state index contributed by atoms with van der Waals surface area (Å²) >= 11 is 0. The fraction of sp³-hybridized carbons (Fsp3) is 0.101. The number of furan rings is 1. The van der Waals surface area contributed by atoms with E-state index in [2.05, 4.69) is 251 Å². The van der Waals surface area contributed by atoms with E-state index in [1.165, 1.54) is 99.4 Å². The van der Waals surface area contributed by atoms with E-state index in [-0.39, 0.29) is 0 Å². The Kier molecular flexibility index (Phi) is 9.23. The summed E-state index contributed by atoms with van der Waals surface area (Å²) in [6.07, 6.45) is 0. The van der Waals surface area contributed by atoms with Gasteiger partial charge in [-0.05, 0) is 178 Å². The number of hydrogen-bond acceptors (Lipinski definition) is 2. The lowest BCUT2D eigenvalue weighted by molar-refractivity contribution is 0.669. The fourth-order valence-electron chi connectivity index (χ4n) is 12.1. The molecule has 2 aliphatic carbocycles. The number of para-hydroxylation sites is 1. The molecule has 0 bridgehead atoms. The van der Waals surface area contributed by atoms with Crippen molar-refractivity contribution in [3.05, 3.63) is 258 Å². The zero-order chi connectivity index (χ0) is 47.5. The fourth-order valence-corrected chi connectivity index (χ4v) is 12.1. The van der Waals surface area contributed by atoms with Gasteiger partial charge < -0.3 is 9.32 Å². The van der Waals surface area contributed by atoms with E-state index >= 15 is 0 Å². The normalized spacial score (nSPS) is 13.2. The van der Waals surface area contributed by atoms with E-state index in [1.54, 1.807) is 0 Å². The Balaban J connectivity index is 0.925. The van der Waals surface area contributed by atoms with Crippen LogP contribution in [0.25, 0.3) is 88.0 Å². The number of fused-ring (bicyclic) bond motifs is 15. The Bertz CT molecular complexity index is 4070. The average molecular weight is 910 g/mol. The molecule has 1 aromatic heterocycles. The minimum atomic E-state index is -0.491. The SMILES string of the molecule is CC(C)c1ccc2c(c1)C1(c3ccccc3-c3ccc(N(c4ccc(-c5ccc6cc(-c7ccc8ccccc8c7)ccc6c5)cc4)c4ccc5oc6ccccc6c5c4)cc31)c1cc(C(C)C)ccc1-2. The van der Waals surface area contributed by atoms with Crippen LogP contribution in [0, 0.1) is 0 Å². The van der Waals surface area contributed by atoms with E-state index in [0.29, 0.717) is 11.8 Å². The van der Waals surface area contributed by atoms with Gasteiger partial charge in [0, 0.05) is 27.8 Å². The lowest BCUT2D eigenvalue weighted by Gasteiger charge is -2.33. The lowest BCUT2D eigenvalue weighted by Crippen LogP contribution is -2.26. The zero-order valence-corrected chi connectivity index (χ0v) is 40.4. The van der Waals surface area contributed by atoms with Gasteiger partial charge >= 0.3 is 0 Å². The van der Waals surface area contributed by atoms with Crippen molar-refractivity contribution in [3.8, 4) is 44.5 Å². The summed E-state index contributed by atoms with van der Waals surface area (Å²) in [5, 5.41) is 7.19. The second-order valence-corrected chi connectivity index (χ2v) is 20.4. The van der Waals surface area contributed by atoms with Crippen LogP contribution in [0.15, 0.2) is 229 Å². The van der Waals surface area contributed by atoms with E-state index < -0.39 is 5.41 Å². The maximum atomic E-state index is 6.40. The van der Waals surface area contributed by atoms with Gasteiger partial charge in [-0.3, -0.25) is 0 Å². The standard InChI is InChI=1S/C69H51NO/c1-42(2)46-25-31-58-59-32-26-47(43(3)4)39-65(59)69(64(58)38-46)63-15-9-7-13-57(63)60-33-29-56(41-66(60)69)70(55-30-34-68-62(40-55)61-14-8-10-16-67(61)71-68)54-27-23-45(24-28-54)49-19-20-52-37-53(22-21-51(52)36-49)50-18-17-44-11-5-6-12-48(44)35-50/h5-43H,1-4H3. The third-order valence-corrected chi connectivity index (χ3v) is 15.8. The maximum absolute atomic E-state index is 6.40. The molecule has 0 radical (unpaired) electrons. The molecular weight excluding hydrogens is 859 g/mol. The van der Waals surface area contributed by atoms with Gasteiger partial charge in [0.1, 0.15) is 11.2 Å². The second kappa shape index (κ2) is 15.8. The van der Waals surface area contributed by atoms with E-state index in [0.717, 1.165) is 39.0 Å². The summed E-state index contributed by atoms with van der Waals surface area (Å²) in [7, 11) is 0. The average Bonchev–Trinajstić information content (AvgIpc) is 4.04. The molecular formula is C69H51NO. The van der Waals surface area contributed by atoms with E-state index in [4.69, 9.17) is 4.42 Å². The molecule has 0 unspecified atom stereocenters. The van der Waals surface area contributed by atoms with Crippen molar-refractivity contribution in [2.75, 3.05) is 4.90 Å². The maximum Gasteiger partial charge on any atom is 0.135 e. The largest absolute Gasteiger partial charge is 0.456 e. The molecule has 1 heterocycles. The van der Waals surface area contributed by atoms with Crippen LogP contribution in [0.2, 0.25) is 0 Å². The number of hydrogen-bond donors (Lipinski definition) is 0. The van der Waals surface area contributed by atoms with Crippen LogP contribution < -0.4 is 4.90 Å². The smallest absolute Gasteiger partial charge is 0.135 e. The summed E-state index contributed by atoms with van der Waals surface area (Å²) in [6.45, 7) is 9.25. The van der Waals surface area contributed by atoms with E-state index in [1.807, 2.05) is 6.07 Å². The molecule has 11 aromatic carbocycles. The van der Waals surface area contributed by atoms with Crippen molar-refractivity contribution in [1.29, 1.82) is 0 Å². The molecule has 71 heavy (non-hydrogen) atoms. The van der Waals surface area contributed by atoms with Gasteiger partial charge in [-0.25, -0.2) is 0 Å². The number of nitrogens with zero attached hydrogens (tertiary/aromatic N) is 1. The predicted molar refractivity (Wildman–Crippen MR) is 299 cm³/mol. The van der Waals surface area contributed by atoms with Crippen LogP contribution in [0.4, 0.5) is 17.1 Å². The minimum Gasteiger partial charge on any atom is -0.456 e. The minimum absolute atomic E-state index is 0.394. The highest BCUT2D eigenvalue weighted by atomic mass is 16.3. The van der Waals surface area contributed by atoms with Crippen molar-refractivity contribution in [3.63, 3.8) is 0 Å². The first-order chi connectivity index (χ1) is 34.8. The molecule has 0 amide bonds. The van der Waals surface area contributed by atoms with Crippen molar-refractivity contribution in [1.82, 2.24) is 0 Å². The molecule has 0 fully saturated rings. The van der Waals surface area contributed by atoms with Gasteiger partial charge in [0.25, 0.3) is 0 Å². The second-order valence-electron chi connectivity index (χ2n) is 20.4. The lowest BCUT2D eigenvalue weighted by atomic mass is 9.69. The van der Waals surface area contributed by atoms with Gasteiger partial charge in [-0.2, -0.15) is 0 Å². The number of rotatable bonds is 7. The highest BCUT2D eigenvalue weighted by molar-refractivity contribution is 6.07. The van der Waals surface area contributed by atoms with Crippen LogP contribution in [-0.4, -0.2) is 0 Å². The number of benzene rings is 11. The number of anilines is 3. The van der Waals surface area contributed by atoms with Crippen molar-refractivity contribution in [2.45, 2.75) is 44.9 Å². The first-order valence-electron chi connectivity index (χ1n) is 25.2. The molecule has 0 saturated carbocycles. The van der Waals surface area contributed by atoms with Crippen LogP contribution >= 0.6 is 0 Å². The Hall–Kier alpha value is -8.46. The highest BCUT2D eigenvalue weighted by Crippen LogP contribution is 2.64. The van der Waals surface area contributed by atoms with Crippen molar-refractivity contribution in [2.24, 2.45) is 0 Å². The van der Waals surface area contributed by atoms with Crippen LogP contribution in [-0.2, 0) is 5.41 Å². The molecule has 0 atom stereocenters. The van der Waals surface area contributed by atoms with Crippen LogP contribution in [0.3, 0.4) is 0 Å². The van der Waals surface area contributed by atoms with Gasteiger partial charge in [0.2, 0.25) is 0 Å². The molecule has 14 rings (SSSR count). The third-order valence-electron chi connectivity index (χ3n) is 15.8. The molecule has 1 spiro atoms. The Morgan fingerprint density at radius 1 is 0.324 bits per heavy atom. The Labute approximate surface area is 415 Å². The van der Waals surface area contributed by atoms with E-state index in [9.17, 15) is 0 Å². The molecule has 12 aromatic rings. The van der Waals surface area contributed by atoms with Gasteiger partial charge in [-0.15, -0.1) is 0 Å². The molecule has 2 nitrogen and oxygen atoms in total. The van der Waals surface area contributed by atoms with Crippen LogP contribution in [0.5, 0.6) is 0 Å². The molecule has 0 aliphatic heterocycles. The molecule has 338 valence electrons. The van der Waals surface area contributed by atoms with Crippen molar-refractivity contribution < 1.29 is 4.42 Å². The molecule has 2 heteroatoms. The zero-order valence-electron chi connectivity index (χ0n) is 40.4. The van der Waals surface area contributed by atoms with Gasteiger partial charge in [0.05, 0.1) is 5.41 Å². The first-order valence-corrected chi connectivity index (χ1v) is 25.2. The quantitative estimate of drug-likeness (QED) is 0.158. The first kappa shape index (κ1) is 41.5. The summed E-state index contributed by atoms with van der Waals surface area (Å²) in [5.74, 6) is 0.788. The summed E-state index contributed by atoms with van der Waals surface area (Å²) in [6, 6.07) is 84.2. The third kappa shape index (κ3) is 6.34. The van der Waals surface area contributed by atoms with Gasteiger partial charge in [0.15, 0.2) is 0 Å². The summed E-state index contributed by atoms with van der Waals surface area (Å²) in [4.78, 5) is 2.45. The van der Waals surface area contributed by atoms with Crippen LogP contribution in [0.1, 0.15) is 72.9 Å². The monoisotopic (exact) mass is 909 g/mol. The highest BCUT2D eigenvalue weighted by Gasteiger charge is 2.52. The van der Waals surface area contributed by atoms with Gasteiger partial charge in [-0.1, -0.05) is 185 Å².